The monoisotopic (exact) mass is 430 g/mol. The molecule has 0 fully saturated rings. The summed E-state index contributed by atoms with van der Waals surface area (Å²) in [6.07, 6.45) is 0. The summed E-state index contributed by atoms with van der Waals surface area (Å²) in [6, 6.07) is 7.44. The van der Waals surface area contributed by atoms with E-state index in [1.807, 2.05) is 42.7 Å². The zero-order valence-corrected chi connectivity index (χ0v) is 17.1. The first-order valence-electron chi connectivity index (χ1n) is 8.54. The SMILES string of the molecule is CC1=NN(C)c2nc3c(c(=O)n(Cc4ccc(Br)cc4)c(=O)n3C)n2C1C. The molecule has 0 aliphatic carbocycles. The highest BCUT2D eigenvalue weighted by atomic mass is 79.9. The van der Waals surface area contributed by atoms with Crippen molar-refractivity contribution in [2.75, 3.05) is 12.1 Å². The summed E-state index contributed by atoms with van der Waals surface area (Å²) in [5, 5.41) is 6.08. The number of fused-ring (bicyclic) bond motifs is 3. The molecule has 4 rings (SSSR count). The predicted molar refractivity (Wildman–Crippen MR) is 109 cm³/mol. The molecule has 1 aliphatic rings. The van der Waals surface area contributed by atoms with Crippen LogP contribution in [0.4, 0.5) is 5.95 Å². The van der Waals surface area contributed by atoms with E-state index in [2.05, 4.69) is 26.0 Å². The highest BCUT2D eigenvalue weighted by Gasteiger charge is 2.29. The van der Waals surface area contributed by atoms with E-state index in [0.29, 0.717) is 17.1 Å². The molecule has 1 atom stereocenters. The minimum absolute atomic E-state index is 0.118. The number of aryl methyl sites for hydroxylation is 1. The Morgan fingerprint density at radius 1 is 1.15 bits per heavy atom. The van der Waals surface area contributed by atoms with Crippen LogP contribution in [0.2, 0.25) is 0 Å². The van der Waals surface area contributed by atoms with Gasteiger partial charge in [0, 0.05) is 18.6 Å². The van der Waals surface area contributed by atoms with Gasteiger partial charge in [0.15, 0.2) is 11.2 Å². The molecule has 1 aromatic carbocycles. The maximum Gasteiger partial charge on any atom is 0.332 e. The Labute approximate surface area is 163 Å². The molecule has 0 bridgehead atoms. The van der Waals surface area contributed by atoms with Crippen LogP contribution in [0.1, 0.15) is 25.5 Å². The fourth-order valence-corrected chi connectivity index (χ4v) is 3.65. The first-order chi connectivity index (χ1) is 12.8. The maximum atomic E-state index is 13.3. The van der Waals surface area contributed by atoms with E-state index in [1.165, 1.54) is 9.13 Å². The third-order valence-corrected chi connectivity index (χ3v) is 5.53. The molecule has 0 N–H and O–H groups in total. The molecule has 0 saturated carbocycles. The number of hydrogen-bond acceptors (Lipinski definition) is 5. The van der Waals surface area contributed by atoms with Gasteiger partial charge < -0.3 is 0 Å². The van der Waals surface area contributed by atoms with Crippen molar-refractivity contribution in [2.24, 2.45) is 12.1 Å². The zero-order chi connectivity index (χ0) is 19.5. The summed E-state index contributed by atoms with van der Waals surface area (Å²) in [4.78, 5) is 30.7. The highest BCUT2D eigenvalue weighted by Crippen LogP contribution is 2.28. The highest BCUT2D eigenvalue weighted by molar-refractivity contribution is 9.10. The van der Waals surface area contributed by atoms with Gasteiger partial charge in [0.05, 0.1) is 18.3 Å². The lowest BCUT2D eigenvalue weighted by atomic mass is 10.2. The lowest BCUT2D eigenvalue weighted by Gasteiger charge is -2.26. The Hall–Kier alpha value is -2.68. The van der Waals surface area contributed by atoms with Crippen molar-refractivity contribution in [1.82, 2.24) is 18.7 Å². The fourth-order valence-electron chi connectivity index (χ4n) is 3.39. The van der Waals surface area contributed by atoms with Gasteiger partial charge >= 0.3 is 5.69 Å². The molecular formula is C18H19BrN6O2. The van der Waals surface area contributed by atoms with Gasteiger partial charge in [-0.2, -0.15) is 10.1 Å². The van der Waals surface area contributed by atoms with E-state index in [-0.39, 0.29) is 23.8 Å². The third-order valence-electron chi connectivity index (χ3n) is 5.00. The molecule has 3 heterocycles. The van der Waals surface area contributed by atoms with E-state index < -0.39 is 0 Å². The van der Waals surface area contributed by atoms with Crippen molar-refractivity contribution in [3.8, 4) is 0 Å². The van der Waals surface area contributed by atoms with Gasteiger partial charge in [0.25, 0.3) is 5.56 Å². The van der Waals surface area contributed by atoms with Gasteiger partial charge in [-0.15, -0.1) is 0 Å². The number of imidazole rings is 1. The predicted octanol–water partition coefficient (Wildman–Crippen LogP) is 2.09. The Bertz CT molecular complexity index is 1200. The average molecular weight is 431 g/mol. The number of hydrazone groups is 1. The molecule has 3 aromatic rings. The smallest absolute Gasteiger partial charge is 0.294 e. The van der Waals surface area contributed by atoms with Crippen molar-refractivity contribution in [3.05, 3.63) is 55.1 Å². The largest absolute Gasteiger partial charge is 0.332 e. The van der Waals surface area contributed by atoms with Crippen LogP contribution in [-0.4, -0.2) is 31.4 Å². The number of benzene rings is 1. The molecule has 1 unspecified atom stereocenters. The number of nitrogens with zero attached hydrogens (tertiary/aromatic N) is 6. The van der Waals surface area contributed by atoms with Crippen LogP contribution in [0.15, 0.2) is 43.4 Å². The quantitative estimate of drug-likeness (QED) is 0.623. The second kappa shape index (κ2) is 6.19. The van der Waals surface area contributed by atoms with Gasteiger partial charge in [0.1, 0.15) is 0 Å². The minimum Gasteiger partial charge on any atom is -0.294 e. The van der Waals surface area contributed by atoms with Crippen LogP contribution in [0.25, 0.3) is 11.2 Å². The van der Waals surface area contributed by atoms with Gasteiger partial charge in [-0.25, -0.2) is 9.80 Å². The van der Waals surface area contributed by atoms with Gasteiger partial charge in [-0.3, -0.25) is 18.5 Å². The maximum absolute atomic E-state index is 13.3. The van der Waals surface area contributed by atoms with Crippen molar-refractivity contribution in [3.63, 3.8) is 0 Å². The lowest BCUT2D eigenvalue weighted by molar-refractivity contribution is 0.638. The number of rotatable bonds is 2. The summed E-state index contributed by atoms with van der Waals surface area (Å²) in [5.74, 6) is 0.552. The number of anilines is 1. The number of halogens is 1. The third kappa shape index (κ3) is 2.64. The van der Waals surface area contributed by atoms with Crippen LogP contribution in [0.3, 0.4) is 0 Å². The second-order valence-corrected chi connectivity index (χ2v) is 7.67. The number of aromatic nitrogens is 4. The average Bonchev–Trinajstić information content (AvgIpc) is 3.05. The van der Waals surface area contributed by atoms with E-state index in [4.69, 9.17) is 0 Å². The fraction of sp³-hybridized carbons (Fsp3) is 0.333. The van der Waals surface area contributed by atoms with E-state index in [0.717, 1.165) is 15.7 Å². The normalized spacial score (nSPS) is 16.6. The standard InChI is InChI=1S/C18H19BrN6O2/c1-10-11(2)25-14-15(20-17(25)23(4)21-10)22(3)18(27)24(16(14)26)9-12-5-7-13(19)8-6-12/h5-8,11H,9H2,1-4H3. The van der Waals surface area contributed by atoms with Crippen molar-refractivity contribution >= 4 is 38.8 Å². The molecule has 1 aliphatic heterocycles. The second-order valence-electron chi connectivity index (χ2n) is 6.75. The van der Waals surface area contributed by atoms with Crippen LogP contribution >= 0.6 is 15.9 Å². The van der Waals surface area contributed by atoms with Crippen LogP contribution in [0.5, 0.6) is 0 Å². The Kier molecular flexibility index (Phi) is 4.06. The van der Waals surface area contributed by atoms with Gasteiger partial charge in [-0.05, 0) is 31.5 Å². The lowest BCUT2D eigenvalue weighted by Crippen LogP contribution is -2.40. The first-order valence-corrected chi connectivity index (χ1v) is 9.34. The minimum atomic E-state index is -0.390. The van der Waals surface area contributed by atoms with Crippen LogP contribution < -0.4 is 16.3 Å². The van der Waals surface area contributed by atoms with Crippen LogP contribution in [0, 0.1) is 0 Å². The summed E-state index contributed by atoms with van der Waals surface area (Å²) >= 11 is 3.40. The molecule has 140 valence electrons. The number of hydrogen-bond donors (Lipinski definition) is 0. The molecule has 2 aromatic heterocycles. The van der Waals surface area contributed by atoms with Gasteiger partial charge in [0.2, 0.25) is 5.95 Å². The molecule has 8 nitrogen and oxygen atoms in total. The van der Waals surface area contributed by atoms with Crippen molar-refractivity contribution in [2.45, 2.75) is 26.4 Å². The van der Waals surface area contributed by atoms with Crippen LogP contribution in [-0.2, 0) is 13.6 Å². The molecule has 0 saturated heterocycles. The molecule has 27 heavy (non-hydrogen) atoms. The molecular weight excluding hydrogens is 412 g/mol. The van der Waals surface area contributed by atoms with Crippen molar-refractivity contribution < 1.29 is 0 Å². The summed E-state index contributed by atoms with van der Waals surface area (Å²) in [6.45, 7) is 4.09. The van der Waals surface area contributed by atoms with E-state index in [1.54, 1.807) is 19.1 Å². The molecule has 0 radical (unpaired) electrons. The molecule has 0 spiro atoms. The first kappa shape index (κ1) is 17.7. The molecule has 9 heteroatoms. The van der Waals surface area contributed by atoms with Crippen molar-refractivity contribution in [1.29, 1.82) is 0 Å². The molecule has 0 amide bonds. The Balaban J connectivity index is 1.99. The Morgan fingerprint density at radius 2 is 1.81 bits per heavy atom. The van der Waals surface area contributed by atoms with E-state index in [9.17, 15) is 9.59 Å². The summed E-state index contributed by atoms with van der Waals surface area (Å²) in [5.41, 5.74) is 1.80. The summed E-state index contributed by atoms with van der Waals surface area (Å²) in [7, 11) is 3.42. The topological polar surface area (TPSA) is 77.4 Å². The van der Waals surface area contributed by atoms with Gasteiger partial charge in [-0.1, -0.05) is 28.1 Å². The van der Waals surface area contributed by atoms with E-state index >= 15 is 0 Å². The zero-order valence-electron chi connectivity index (χ0n) is 15.5. The summed E-state index contributed by atoms with van der Waals surface area (Å²) < 4.78 is 5.49. The Morgan fingerprint density at radius 3 is 2.48 bits per heavy atom.